The van der Waals surface area contributed by atoms with Crippen molar-refractivity contribution in [3.63, 3.8) is 0 Å². The van der Waals surface area contributed by atoms with Crippen molar-refractivity contribution in [1.82, 2.24) is 0 Å². The summed E-state index contributed by atoms with van der Waals surface area (Å²) in [6, 6.07) is 5.62. The molecule has 2 nitrogen and oxygen atoms in total. The number of hydrogen-bond acceptors (Lipinski definition) is 3. The molecular formula is C11H14O2S. The molecule has 3 heteroatoms. The average molecular weight is 210 g/mol. The van der Waals surface area contributed by atoms with Crippen LogP contribution in [0.25, 0.3) is 0 Å². The molecule has 0 N–H and O–H groups in total. The Morgan fingerprint density at radius 1 is 1.50 bits per heavy atom. The Kier molecular flexibility index (Phi) is 4.01. The predicted octanol–water partition coefficient (Wildman–Crippen LogP) is 2.51. The maximum atomic E-state index is 10.9. The molecule has 0 saturated carbocycles. The number of carbonyl (C=O) groups is 1. The monoisotopic (exact) mass is 210 g/mol. The SMILES string of the molecule is CCOc1cc(CC(C)=O)ccc1S. The van der Waals surface area contributed by atoms with Crippen molar-refractivity contribution >= 4 is 18.4 Å². The molecule has 0 radical (unpaired) electrons. The zero-order chi connectivity index (χ0) is 10.6. The Morgan fingerprint density at radius 3 is 2.79 bits per heavy atom. The van der Waals surface area contributed by atoms with Gasteiger partial charge in [0.1, 0.15) is 11.5 Å². The minimum absolute atomic E-state index is 0.152. The lowest BCUT2D eigenvalue weighted by Gasteiger charge is -2.07. The van der Waals surface area contributed by atoms with E-state index >= 15 is 0 Å². The van der Waals surface area contributed by atoms with Crippen molar-refractivity contribution in [2.24, 2.45) is 0 Å². The summed E-state index contributed by atoms with van der Waals surface area (Å²) in [7, 11) is 0. The molecule has 0 aliphatic carbocycles. The summed E-state index contributed by atoms with van der Waals surface area (Å²) in [4.78, 5) is 11.7. The van der Waals surface area contributed by atoms with Gasteiger partial charge in [0.05, 0.1) is 6.61 Å². The van der Waals surface area contributed by atoms with Crippen LogP contribution in [0.4, 0.5) is 0 Å². The van der Waals surface area contributed by atoms with Gasteiger partial charge in [0, 0.05) is 11.3 Å². The van der Waals surface area contributed by atoms with E-state index in [9.17, 15) is 4.79 Å². The highest BCUT2D eigenvalue weighted by Gasteiger charge is 2.03. The van der Waals surface area contributed by atoms with E-state index in [2.05, 4.69) is 12.6 Å². The molecule has 0 spiro atoms. The van der Waals surface area contributed by atoms with Crippen LogP contribution < -0.4 is 4.74 Å². The molecular weight excluding hydrogens is 196 g/mol. The van der Waals surface area contributed by atoms with Crippen molar-refractivity contribution in [2.75, 3.05) is 6.61 Å². The summed E-state index contributed by atoms with van der Waals surface area (Å²) in [5, 5.41) is 0. The number of thiol groups is 1. The summed E-state index contributed by atoms with van der Waals surface area (Å²) >= 11 is 4.26. The van der Waals surface area contributed by atoms with Gasteiger partial charge in [0.15, 0.2) is 0 Å². The van der Waals surface area contributed by atoms with E-state index in [0.29, 0.717) is 13.0 Å². The first-order valence-electron chi connectivity index (χ1n) is 4.57. The highest BCUT2D eigenvalue weighted by Crippen LogP contribution is 2.24. The maximum absolute atomic E-state index is 10.9. The summed E-state index contributed by atoms with van der Waals surface area (Å²) in [6.45, 7) is 4.11. The van der Waals surface area contributed by atoms with Crippen molar-refractivity contribution in [3.05, 3.63) is 23.8 Å². The number of carbonyl (C=O) groups excluding carboxylic acids is 1. The summed E-state index contributed by atoms with van der Waals surface area (Å²) in [6.07, 6.45) is 0.453. The molecule has 0 bridgehead atoms. The number of ketones is 1. The first-order valence-corrected chi connectivity index (χ1v) is 5.02. The molecule has 0 unspecified atom stereocenters. The second-order valence-corrected chi connectivity index (χ2v) is 3.60. The number of benzene rings is 1. The van der Waals surface area contributed by atoms with Crippen LogP contribution in [0, 0.1) is 0 Å². The zero-order valence-corrected chi connectivity index (χ0v) is 9.30. The summed E-state index contributed by atoms with van der Waals surface area (Å²) < 4.78 is 5.37. The van der Waals surface area contributed by atoms with Crippen LogP contribution >= 0.6 is 12.6 Å². The highest BCUT2D eigenvalue weighted by atomic mass is 32.1. The number of Topliss-reactive ketones (excluding diaryl/α,β-unsaturated/α-hetero) is 1. The van der Waals surface area contributed by atoms with Crippen LogP contribution in [-0.2, 0) is 11.2 Å². The Labute approximate surface area is 89.7 Å². The molecule has 0 amide bonds. The predicted molar refractivity (Wildman–Crippen MR) is 59.2 cm³/mol. The van der Waals surface area contributed by atoms with Crippen molar-refractivity contribution in [2.45, 2.75) is 25.2 Å². The van der Waals surface area contributed by atoms with Crippen LogP contribution in [0.15, 0.2) is 23.1 Å². The lowest BCUT2D eigenvalue weighted by molar-refractivity contribution is -0.116. The van der Waals surface area contributed by atoms with E-state index in [1.54, 1.807) is 6.92 Å². The second kappa shape index (κ2) is 5.05. The third-order valence-electron chi connectivity index (χ3n) is 1.78. The fourth-order valence-electron chi connectivity index (χ4n) is 1.23. The van der Waals surface area contributed by atoms with Gasteiger partial charge in [-0.2, -0.15) is 0 Å². The summed E-state index contributed by atoms with van der Waals surface area (Å²) in [5.74, 6) is 0.897. The normalized spacial score (nSPS) is 9.93. The molecule has 0 aliphatic heterocycles. The quantitative estimate of drug-likeness (QED) is 0.773. The van der Waals surface area contributed by atoms with Crippen LogP contribution in [0.1, 0.15) is 19.4 Å². The Bertz CT molecular complexity index is 334. The largest absolute Gasteiger partial charge is 0.493 e. The van der Waals surface area contributed by atoms with E-state index in [0.717, 1.165) is 16.2 Å². The van der Waals surface area contributed by atoms with Gasteiger partial charge in [-0.15, -0.1) is 12.6 Å². The smallest absolute Gasteiger partial charge is 0.134 e. The van der Waals surface area contributed by atoms with Crippen LogP contribution in [-0.4, -0.2) is 12.4 Å². The topological polar surface area (TPSA) is 26.3 Å². The standard InChI is InChI=1S/C11H14O2S/c1-3-13-10-7-9(6-8(2)12)4-5-11(10)14/h4-5,7,14H,3,6H2,1-2H3. The lowest BCUT2D eigenvalue weighted by Crippen LogP contribution is -1.98. The van der Waals surface area contributed by atoms with E-state index in [4.69, 9.17) is 4.74 Å². The Hall–Kier alpha value is -0.960. The Balaban J connectivity index is 2.88. The molecule has 14 heavy (non-hydrogen) atoms. The third-order valence-corrected chi connectivity index (χ3v) is 2.15. The number of hydrogen-bond donors (Lipinski definition) is 1. The zero-order valence-electron chi connectivity index (χ0n) is 8.41. The summed E-state index contributed by atoms with van der Waals surface area (Å²) in [5.41, 5.74) is 0.971. The average Bonchev–Trinajstić information content (AvgIpc) is 2.10. The van der Waals surface area contributed by atoms with Crippen molar-refractivity contribution in [1.29, 1.82) is 0 Å². The van der Waals surface area contributed by atoms with Crippen molar-refractivity contribution in [3.8, 4) is 5.75 Å². The molecule has 0 aliphatic rings. The second-order valence-electron chi connectivity index (χ2n) is 3.11. The Morgan fingerprint density at radius 2 is 2.21 bits per heavy atom. The maximum Gasteiger partial charge on any atom is 0.134 e. The number of ether oxygens (including phenoxy) is 1. The number of rotatable bonds is 4. The highest BCUT2D eigenvalue weighted by molar-refractivity contribution is 7.80. The molecule has 1 aromatic carbocycles. The molecule has 0 atom stereocenters. The minimum atomic E-state index is 0.152. The van der Waals surface area contributed by atoms with E-state index < -0.39 is 0 Å². The van der Waals surface area contributed by atoms with Gasteiger partial charge in [-0.1, -0.05) is 6.07 Å². The minimum Gasteiger partial charge on any atom is -0.493 e. The van der Waals surface area contributed by atoms with Gasteiger partial charge in [-0.05, 0) is 31.5 Å². The third kappa shape index (κ3) is 3.07. The fourth-order valence-corrected chi connectivity index (χ4v) is 1.43. The van der Waals surface area contributed by atoms with Gasteiger partial charge >= 0.3 is 0 Å². The molecule has 1 rings (SSSR count). The van der Waals surface area contributed by atoms with E-state index in [-0.39, 0.29) is 5.78 Å². The van der Waals surface area contributed by atoms with Crippen LogP contribution in [0.3, 0.4) is 0 Å². The molecule has 0 aromatic heterocycles. The first kappa shape index (κ1) is 11.1. The van der Waals surface area contributed by atoms with Crippen LogP contribution in [0.5, 0.6) is 5.75 Å². The van der Waals surface area contributed by atoms with E-state index in [1.165, 1.54) is 0 Å². The van der Waals surface area contributed by atoms with Gasteiger partial charge in [0.25, 0.3) is 0 Å². The molecule has 0 saturated heterocycles. The first-order chi connectivity index (χ1) is 6.63. The fraction of sp³-hybridized carbons (Fsp3) is 0.364. The lowest BCUT2D eigenvalue weighted by atomic mass is 10.1. The molecule has 76 valence electrons. The van der Waals surface area contributed by atoms with Gasteiger partial charge in [-0.3, -0.25) is 4.79 Å². The molecule has 0 fully saturated rings. The van der Waals surface area contributed by atoms with E-state index in [1.807, 2.05) is 25.1 Å². The van der Waals surface area contributed by atoms with Gasteiger partial charge < -0.3 is 4.74 Å². The molecule has 0 heterocycles. The van der Waals surface area contributed by atoms with Gasteiger partial charge in [-0.25, -0.2) is 0 Å². The molecule has 1 aromatic rings. The van der Waals surface area contributed by atoms with Gasteiger partial charge in [0.2, 0.25) is 0 Å². The van der Waals surface area contributed by atoms with Crippen LogP contribution in [0.2, 0.25) is 0 Å². The van der Waals surface area contributed by atoms with Crippen molar-refractivity contribution < 1.29 is 9.53 Å².